The van der Waals surface area contributed by atoms with Gasteiger partial charge in [-0.3, -0.25) is 9.69 Å². The number of nitrogens with zero attached hydrogens (tertiary/aromatic N) is 2. The molecular formula is C10H17N3O4S. The Labute approximate surface area is 109 Å². The van der Waals surface area contributed by atoms with E-state index in [4.69, 9.17) is 4.74 Å². The van der Waals surface area contributed by atoms with Gasteiger partial charge in [0.25, 0.3) is 0 Å². The Hall–Kier alpha value is -0.670. The van der Waals surface area contributed by atoms with E-state index in [2.05, 4.69) is 15.2 Å². The zero-order valence-electron chi connectivity index (χ0n) is 9.96. The second-order valence-corrected chi connectivity index (χ2v) is 5.57. The molecule has 2 heterocycles. The van der Waals surface area contributed by atoms with E-state index in [1.165, 1.54) is 0 Å². The fourth-order valence-corrected chi connectivity index (χ4v) is 2.61. The number of nitrogens with one attached hydrogen (secondary N) is 1. The summed E-state index contributed by atoms with van der Waals surface area (Å²) >= 11 is 1.09. The number of carbonyl (C=O) groups excluding carboxylic acids is 1. The van der Waals surface area contributed by atoms with Gasteiger partial charge in [-0.1, -0.05) is 11.8 Å². The van der Waals surface area contributed by atoms with E-state index in [9.17, 15) is 15.0 Å². The maximum atomic E-state index is 11.7. The van der Waals surface area contributed by atoms with Crippen LogP contribution in [0.3, 0.4) is 0 Å². The van der Waals surface area contributed by atoms with Crippen LogP contribution in [0.2, 0.25) is 0 Å². The van der Waals surface area contributed by atoms with Gasteiger partial charge in [-0.05, 0) is 0 Å². The Balaban J connectivity index is 1.92. The van der Waals surface area contributed by atoms with E-state index in [1.807, 2.05) is 0 Å². The summed E-state index contributed by atoms with van der Waals surface area (Å²) in [5.74, 6) is -0.391. The molecular weight excluding hydrogens is 258 g/mol. The summed E-state index contributed by atoms with van der Waals surface area (Å²) in [6.07, 6.45) is 0. The molecule has 0 atom stereocenters. The van der Waals surface area contributed by atoms with Crippen molar-refractivity contribution in [2.75, 3.05) is 46.2 Å². The fraction of sp³-hybridized carbons (Fsp3) is 0.800. The van der Waals surface area contributed by atoms with Crippen LogP contribution < -0.4 is 5.32 Å². The lowest BCUT2D eigenvalue weighted by Gasteiger charge is -2.24. The molecule has 1 amide bonds. The van der Waals surface area contributed by atoms with Crippen molar-refractivity contribution in [3.05, 3.63) is 0 Å². The van der Waals surface area contributed by atoms with E-state index in [1.54, 1.807) is 0 Å². The summed E-state index contributed by atoms with van der Waals surface area (Å²) in [6.45, 7) is 2.70. The minimum Gasteiger partial charge on any atom is -0.394 e. The Bertz CT molecular complexity index is 340. The average molecular weight is 275 g/mol. The molecule has 3 N–H and O–H groups in total. The van der Waals surface area contributed by atoms with Gasteiger partial charge in [-0.25, -0.2) is 4.99 Å². The number of thioether (sulfide) groups is 1. The van der Waals surface area contributed by atoms with Crippen molar-refractivity contribution in [2.24, 2.45) is 4.99 Å². The summed E-state index contributed by atoms with van der Waals surface area (Å²) in [4.78, 5) is 18.0. The summed E-state index contributed by atoms with van der Waals surface area (Å²) in [5, 5.41) is 21.4. The lowest BCUT2D eigenvalue weighted by molar-refractivity contribution is -0.123. The van der Waals surface area contributed by atoms with Crippen LogP contribution >= 0.6 is 11.8 Å². The van der Waals surface area contributed by atoms with Crippen LogP contribution in [0.4, 0.5) is 0 Å². The number of aliphatic hydroxyl groups excluding tert-OH is 2. The number of hydrogen-bond donors (Lipinski definition) is 3. The minimum atomic E-state index is -1.19. The predicted octanol–water partition coefficient (Wildman–Crippen LogP) is -1.78. The van der Waals surface area contributed by atoms with Crippen molar-refractivity contribution in [3.63, 3.8) is 0 Å². The fourth-order valence-electron chi connectivity index (χ4n) is 1.70. The highest BCUT2D eigenvalue weighted by Gasteiger charge is 2.46. The van der Waals surface area contributed by atoms with E-state index in [0.29, 0.717) is 25.1 Å². The SMILES string of the molecule is O=C1N/C(=N\CN2CCOCC2)SC1(CO)CO. The highest BCUT2D eigenvalue weighted by Crippen LogP contribution is 2.31. The zero-order chi connectivity index (χ0) is 13.0. The van der Waals surface area contributed by atoms with Crippen LogP contribution in [0.15, 0.2) is 4.99 Å². The molecule has 7 nitrogen and oxygen atoms in total. The molecule has 2 aliphatic rings. The monoisotopic (exact) mass is 275 g/mol. The standard InChI is InChI=1S/C10H17N3O4S/c14-5-10(6-15)8(16)12-9(18-10)11-7-13-1-3-17-4-2-13/h14-15H,1-7H2,(H,11,12,16). The van der Waals surface area contributed by atoms with Crippen molar-refractivity contribution in [2.45, 2.75) is 4.75 Å². The molecule has 0 spiro atoms. The Morgan fingerprint density at radius 3 is 2.61 bits per heavy atom. The first-order chi connectivity index (χ1) is 8.70. The Kier molecular flexibility index (Phi) is 4.57. The Morgan fingerprint density at radius 1 is 1.39 bits per heavy atom. The number of ether oxygens (including phenoxy) is 1. The average Bonchev–Trinajstić information content (AvgIpc) is 2.74. The Morgan fingerprint density at radius 2 is 2.06 bits per heavy atom. The van der Waals surface area contributed by atoms with E-state index >= 15 is 0 Å². The summed E-state index contributed by atoms with van der Waals surface area (Å²) in [5.41, 5.74) is 0. The molecule has 0 bridgehead atoms. The van der Waals surface area contributed by atoms with Crippen LogP contribution in [-0.2, 0) is 9.53 Å². The van der Waals surface area contributed by atoms with E-state index < -0.39 is 23.9 Å². The molecule has 2 rings (SSSR count). The topological polar surface area (TPSA) is 94.4 Å². The van der Waals surface area contributed by atoms with Crippen molar-refractivity contribution in [1.82, 2.24) is 10.2 Å². The molecule has 0 saturated carbocycles. The molecule has 0 radical (unpaired) electrons. The van der Waals surface area contributed by atoms with Crippen LogP contribution in [-0.4, -0.2) is 77.1 Å². The molecule has 2 fully saturated rings. The van der Waals surface area contributed by atoms with Crippen LogP contribution in [0.1, 0.15) is 0 Å². The van der Waals surface area contributed by atoms with Gasteiger partial charge in [0.15, 0.2) is 5.17 Å². The normalized spacial score (nSPS) is 26.6. The second-order valence-electron chi connectivity index (χ2n) is 4.20. The molecule has 0 aromatic heterocycles. The zero-order valence-corrected chi connectivity index (χ0v) is 10.8. The number of amides is 1. The number of morpholine rings is 1. The second kappa shape index (κ2) is 5.98. The first-order valence-corrected chi connectivity index (χ1v) is 6.58. The highest BCUT2D eigenvalue weighted by atomic mass is 32.2. The van der Waals surface area contributed by atoms with Crippen molar-refractivity contribution >= 4 is 22.8 Å². The lowest BCUT2D eigenvalue weighted by Crippen LogP contribution is -2.43. The lowest BCUT2D eigenvalue weighted by atomic mass is 10.1. The molecule has 0 aliphatic carbocycles. The molecule has 0 unspecified atom stereocenters. The predicted molar refractivity (Wildman–Crippen MR) is 67.3 cm³/mol. The summed E-state index contributed by atoms with van der Waals surface area (Å²) < 4.78 is 4.03. The molecule has 2 aliphatic heterocycles. The number of rotatable bonds is 4. The van der Waals surface area contributed by atoms with Gasteiger partial charge in [-0.2, -0.15) is 0 Å². The maximum Gasteiger partial charge on any atom is 0.247 e. The molecule has 8 heteroatoms. The van der Waals surface area contributed by atoms with Gasteiger partial charge in [-0.15, -0.1) is 0 Å². The molecule has 18 heavy (non-hydrogen) atoms. The quantitative estimate of drug-likeness (QED) is 0.561. The first-order valence-electron chi connectivity index (χ1n) is 5.77. The number of amidine groups is 1. The van der Waals surface area contributed by atoms with Crippen LogP contribution in [0.25, 0.3) is 0 Å². The van der Waals surface area contributed by atoms with Gasteiger partial charge >= 0.3 is 0 Å². The molecule has 0 aromatic carbocycles. The van der Waals surface area contributed by atoms with Gasteiger partial charge in [0.2, 0.25) is 5.91 Å². The first kappa shape index (κ1) is 13.8. The maximum absolute atomic E-state index is 11.7. The van der Waals surface area contributed by atoms with Crippen molar-refractivity contribution in [1.29, 1.82) is 0 Å². The van der Waals surface area contributed by atoms with E-state index in [0.717, 1.165) is 24.9 Å². The van der Waals surface area contributed by atoms with Crippen molar-refractivity contribution < 1.29 is 19.7 Å². The molecule has 2 saturated heterocycles. The van der Waals surface area contributed by atoms with Gasteiger partial charge < -0.3 is 20.3 Å². The molecule has 102 valence electrons. The number of carbonyl (C=O) groups is 1. The van der Waals surface area contributed by atoms with Gasteiger partial charge in [0.05, 0.1) is 33.1 Å². The minimum absolute atomic E-state index is 0.391. The van der Waals surface area contributed by atoms with E-state index in [-0.39, 0.29) is 0 Å². The number of aliphatic imine (C=N–C) groups is 1. The van der Waals surface area contributed by atoms with Crippen LogP contribution in [0.5, 0.6) is 0 Å². The number of aliphatic hydroxyl groups is 2. The van der Waals surface area contributed by atoms with Crippen molar-refractivity contribution in [3.8, 4) is 0 Å². The number of hydrogen-bond acceptors (Lipinski definition) is 7. The largest absolute Gasteiger partial charge is 0.394 e. The highest BCUT2D eigenvalue weighted by molar-refractivity contribution is 8.16. The third-order valence-corrected chi connectivity index (χ3v) is 4.21. The third-order valence-electron chi connectivity index (χ3n) is 2.96. The summed E-state index contributed by atoms with van der Waals surface area (Å²) in [6, 6.07) is 0. The van der Waals surface area contributed by atoms with Gasteiger partial charge in [0.1, 0.15) is 4.75 Å². The third kappa shape index (κ3) is 2.83. The molecule has 0 aromatic rings. The smallest absolute Gasteiger partial charge is 0.247 e. The van der Waals surface area contributed by atoms with Crippen LogP contribution in [0, 0.1) is 0 Å². The van der Waals surface area contributed by atoms with Gasteiger partial charge in [0, 0.05) is 13.1 Å². The summed E-state index contributed by atoms with van der Waals surface area (Å²) in [7, 11) is 0.